The second kappa shape index (κ2) is 8.10. The summed E-state index contributed by atoms with van der Waals surface area (Å²) >= 11 is 0. The summed E-state index contributed by atoms with van der Waals surface area (Å²) in [6.45, 7) is 8.84. The molecule has 0 N–H and O–H groups in total. The van der Waals surface area contributed by atoms with Crippen LogP contribution in [0.15, 0.2) is 23.1 Å². The van der Waals surface area contributed by atoms with Gasteiger partial charge < -0.3 is 9.30 Å². The van der Waals surface area contributed by atoms with Crippen molar-refractivity contribution >= 4 is 21.1 Å². The number of rotatable bonds is 5. The molecular weight excluding hydrogens is 376 g/mol. The third kappa shape index (κ3) is 3.70. The zero-order valence-corrected chi connectivity index (χ0v) is 17.6. The standard InChI is InChI=1S/C20H30N4O3S/c1-3-24-19-8-7-17(28(25,26)23-10-12-27-13-11-23)14-18(19)21-20(24)15-22-9-5-4-6-16(22)2/h7-8,14,16H,3-6,9-13,15H2,1-2H3/t16-/m0/s1. The number of hydrogen-bond acceptors (Lipinski definition) is 5. The first-order valence-electron chi connectivity index (χ1n) is 10.3. The van der Waals surface area contributed by atoms with Gasteiger partial charge >= 0.3 is 0 Å². The second-order valence-corrected chi connectivity index (χ2v) is 9.69. The number of imidazole rings is 1. The molecule has 3 heterocycles. The molecule has 0 bridgehead atoms. The van der Waals surface area contributed by atoms with Crippen molar-refractivity contribution in [3.05, 3.63) is 24.0 Å². The molecule has 154 valence electrons. The molecule has 0 saturated carbocycles. The lowest BCUT2D eigenvalue weighted by Gasteiger charge is -2.33. The van der Waals surface area contributed by atoms with Gasteiger partial charge in [0.25, 0.3) is 0 Å². The van der Waals surface area contributed by atoms with Crippen molar-refractivity contribution < 1.29 is 13.2 Å². The van der Waals surface area contributed by atoms with Gasteiger partial charge in [-0.2, -0.15) is 4.31 Å². The largest absolute Gasteiger partial charge is 0.379 e. The van der Waals surface area contributed by atoms with Gasteiger partial charge in [-0.3, -0.25) is 4.90 Å². The fourth-order valence-electron chi connectivity index (χ4n) is 4.30. The van der Waals surface area contributed by atoms with E-state index in [1.165, 1.54) is 23.6 Å². The minimum atomic E-state index is -3.51. The van der Waals surface area contributed by atoms with Gasteiger partial charge in [-0.25, -0.2) is 13.4 Å². The van der Waals surface area contributed by atoms with Crippen LogP contribution in [0.2, 0.25) is 0 Å². The van der Waals surface area contributed by atoms with Crippen LogP contribution in [-0.2, 0) is 27.8 Å². The molecule has 2 saturated heterocycles. The number of sulfonamides is 1. The Morgan fingerprint density at radius 2 is 1.96 bits per heavy atom. The minimum absolute atomic E-state index is 0.320. The number of fused-ring (bicyclic) bond motifs is 1. The van der Waals surface area contributed by atoms with Crippen molar-refractivity contribution in [2.24, 2.45) is 0 Å². The molecule has 1 aromatic carbocycles. The summed E-state index contributed by atoms with van der Waals surface area (Å²) in [6, 6.07) is 5.92. The fourth-order valence-corrected chi connectivity index (χ4v) is 5.73. The molecule has 8 heteroatoms. The highest BCUT2D eigenvalue weighted by atomic mass is 32.2. The molecule has 0 spiro atoms. The van der Waals surface area contributed by atoms with Crippen LogP contribution in [0.5, 0.6) is 0 Å². The quantitative estimate of drug-likeness (QED) is 0.763. The van der Waals surface area contributed by atoms with E-state index >= 15 is 0 Å². The van der Waals surface area contributed by atoms with E-state index in [1.807, 2.05) is 6.07 Å². The number of aryl methyl sites for hydroxylation is 1. The van der Waals surface area contributed by atoms with Crippen LogP contribution in [0.4, 0.5) is 0 Å². The minimum Gasteiger partial charge on any atom is -0.379 e. The van der Waals surface area contributed by atoms with Crippen molar-refractivity contribution in [1.29, 1.82) is 0 Å². The molecule has 1 atom stereocenters. The predicted octanol–water partition coefficient (Wildman–Crippen LogP) is 2.45. The zero-order valence-electron chi connectivity index (χ0n) is 16.8. The Morgan fingerprint density at radius 3 is 2.68 bits per heavy atom. The molecule has 2 aliphatic heterocycles. The van der Waals surface area contributed by atoms with Gasteiger partial charge in [-0.1, -0.05) is 6.42 Å². The van der Waals surface area contributed by atoms with E-state index in [0.29, 0.717) is 37.2 Å². The average molecular weight is 407 g/mol. The SMILES string of the molecule is CCn1c(CN2CCCC[C@@H]2C)nc2cc(S(=O)(=O)N3CCOCC3)ccc21. The first-order valence-corrected chi connectivity index (χ1v) is 11.8. The summed E-state index contributed by atoms with van der Waals surface area (Å²) in [5, 5.41) is 0. The first-order chi connectivity index (χ1) is 13.5. The number of likely N-dealkylation sites (tertiary alicyclic amines) is 1. The van der Waals surface area contributed by atoms with Gasteiger partial charge in [0.05, 0.1) is 35.7 Å². The highest BCUT2D eigenvalue weighted by Gasteiger charge is 2.27. The number of piperidine rings is 1. The number of ether oxygens (including phenoxy) is 1. The summed E-state index contributed by atoms with van der Waals surface area (Å²) in [7, 11) is -3.51. The zero-order chi connectivity index (χ0) is 19.7. The van der Waals surface area contributed by atoms with Crippen molar-refractivity contribution in [3.63, 3.8) is 0 Å². The number of hydrogen-bond donors (Lipinski definition) is 0. The molecular formula is C20H30N4O3S. The van der Waals surface area contributed by atoms with Crippen LogP contribution < -0.4 is 0 Å². The van der Waals surface area contributed by atoms with Crippen LogP contribution in [0.1, 0.15) is 38.9 Å². The van der Waals surface area contributed by atoms with Crippen LogP contribution >= 0.6 is 0 Å². The lowest BCUT2D eigenvalue weighted by molar-refractivity contribution is 0.0730. The van der Waals surface area contributed by atoms with E-state index in [2.05, 4.69) is 23.3 Å². The van der Waals surface area contributed by atoms with Gasteiger partial charge in [0.15, 0.2) is 0 Å². The maximum Gasteiger partial charge on any atom is 0.243 e. The van der Waals surface area contributed by atoms with Gasteiger partial charge in [0.2, 0.25) is 10.0 Å². The maximum absolute atomic E-state index is 13.0. The van der Waals surface area contributed by atoms with Gasteiger partial charge in [-0.15, -0.1) is 0 Å². The Balaban J connectivity index is 1.66. The Kier molecular flexibility index (Phi) is 5.73. The Bertz CT molecular complexity index is 934. The average Bonchev–Trinajstić information content (AvgIpc) is 3.06. The third-order valence-corrected chi connectivity index (χ3v) is 7.90. The molecule has 0 radical (unpaired) electrons. The first kappa shape index (κ1) is 19.8. The van der Waals surface area contributed by atoms with E-state index in [4.69, 9.17) is 9.72 Å². The van der Waals surface area contributed by atoms with Gasteiger partial charge in [0.1, 0.15) is 5.82 Å². The maximum atomic E-state index is 13.0. The lowest BCUT2D eigenvalue weighted by atomic mass is 10.0. The van der Waals surface area contributed by atoms with Gasteiger partial charge in [0, 0.05) is 25.7 Å². The molecule has 2 aromatic rings. The molecule has 0 unspecified atom stereocenters. The highest BCUT2D eigenvalue weighted by molar-refractivity contribution is 7.89. The summed E-state index contributed by atoms with van der Waals surface area (Å²) < 4.78 is 35.0. The van der Waals surface area contributed by atoms with E-state index < -0.39 is 10.0 Å². The van der Waals surface area contributed by atoms with Crippen molar-refractivity contribution in [1.82, 2.24) is 18.8 Å². The van der Waals surface area contributed by atoms with E-state index in [9.17, 15) is 8.42 Å². The lowest BCUT2D eigenvalue weighted by Crippen LogP contribution is -2.40. The smallest absolute Gasteiger partial charge is 0.243 e. The van der Waals surface area contributed by atoms with Crippen LogP contribution in [-0.4, -0.2) is 66.1 Å². The predicted molar refractivity (Wildman–Crippen MR) is 109 cm³/mol. The molecule has 1 aromatic heterocycles. The van der Waals surface area contributed by atoms with Crippen molar-refractivity contribution in [2.75, 3.05) is 32.8 Å². The number of nitrogens with zero attached hydrogens (tertiary/aromatic N) is 4. The number of morpholine rings is 1. The highest BCUT2D eigenvalue weighted by Crippen LogP contribution is 2.25. The Morgan fingerprint density at radius 1 is 1.18 bits per heavy atom. The topological polar surface area (TPSA) is 67.7 Å². The van der Waals surface area contributed by atoms with Crippen molar-refractivity contribution in [2.45, 2.75) is 57.1 Å². The summed E-state index contributed by atoms with van der Waals surface area (Å²) in [5.74, 6) is 1.02. The molecule has 7 nitrogen and oxygen atoms in total. The molecule has 2 fully saturated rings. The molecule has 0 amide bonds. The molecule has 2 aliphatic rings. The van der Waals surface area contributed by atoms with Crippen molar-refractivity contribution in [3.8, 4) is 0 Å². The van der Waals surface area contributed by atoms with E-state index in [1.54, 1.807) is 12.1 Å². The Hall–Kier alpha value is -1.48. The van der Waals surface area contributed by atoms with Crippen LogP contribution in [0.3, 0.4) is 0 Å². The summed E-state index contributed by atoms with van der Waals surface area (Å²) in [4.78, 5) is 7.65. The number of benzene rings is 1. The fraction of sp³-hybridized carbons (Fsp3) is 0.650. The van der Waals surface area contributed by atoms with E-state index in [0.717, 1.165) is 36.5 Å². The van der Waals surface area contributed by atoms with E-state index in [-0.39, 0.29) is 0 Å². The molecule has 0 aliphatic carbocycles. The molecule has 28 heavy (non-hydrogen) atoms. The number of aromatic nitrogens is 2. The molecule has 4 rings (SSSR count). The van der Waals surface area contributed by atoms with Gasteiger partial charge in [-0.05, 0) is 51.4 Å². The monoisotopic (exact) mass is 406 g/mol. The normalized spacial score (nSPS) is 22.7. The summed E-state index contributed by atoms with van der Waals surface area (Å²) in [5.41, 5.74) is 1.76. The van der Waals surface area contributed by atoms with Crippen LogP contribution in [0.25, 0.3) is 11.0 Å². The Labute approximate surface area is 167 Å². The summed E-state index contributed by atoms with van der Waals surface area (Å²) in [6.07, 6.45) is 3.76. The third-order valence-electron chi connectivity index (χ3n) is 6.01. The second-order valence-electron chi connectivity index (χ2n) is 7.75. The van der Waals surface area contributed by atoms with Crippen LogP contribution in [0, 0.1) is 0 Å².